The maximum Gasteiger partial charge on any atom is 0.410 e. The predicted molar refractivity (Wildman–Crippen MR) is 140 cm³/mol. The van der Waals surface area contributed by atoms with Gasteiger partial charge in [0.15, 0.2) is 0 Å². The van der Waals surface area contributed by atoms with Crippen LogP contribution < -0.4 is 4.90 Å². The third kappa shape index (κ3) is 5.80. The topological polar surface area (TPSA) is 48.9 Å². The molecule has 0 saturated carbocycles. The van der Waals surface area contributed by atoms with Crippen molar-refractivity contribution in [3.8, 4) is 11.1 Å². The maximum absolute atomic E-state index is 12.4. The fourth-order valence-corrected chi connectivity index (χ4v) is 4.46. The molecule has 1 saturated heterocycles. The normalized spacial score (nSPS) is 14.7. The fraction of sp³-hybridized carbons (Fsp3) is 0.407. The van der Waals surface area contributed by atoms with Gasteiger partial charge in [-0.1, -0.05) is 35.9 Å². The van der Waals surface area contributed by atoms with Crippen molar-refractivity contribution < 1.29 is 9.53 Å². The predicted octanol–water partition coefficient (Wildman–Crippen LogP) is 5.67. The van der Waals surface area contributed by atoms with Gasteiger partial charge in [0.05, 0.1) is 10.5 Å². The van der Waals surface area contributed by atoms with Crippen LogP contribution in [-0.2, 0) is 11.3 Å². The molecule has 0 N–H and O–H groups in total. The van der Waals surface area contributed by atoms with E-state index in [9.17, 15) is 4.79 Å². The Bertz CT molecular complexity index is 1180. The van der Waals surface area contributed by atoms with Crippen molar-refractivity contribution in [3.05, 3.63) is 59.1 Å². The van der Waals surface area contributed by atoms with E-state index < -0.39 is 5.60 Å². The number of carbonyl (C=O) groups is 1. The van der Waals surface area contributed by atoms with Crippen molar-refractivity contribution in [2.24, 2.45) is 0 Å². The van der Waals surface area contributed by atoms with Gasteiger partial charge < -0.3 is 19.4 Å². The quantitative estimate of drug-likeness (QED) is 0.481. The molecule has 3 aromatic rings. The SMILES string of the molecule is CN(C)Cc1cccc(-c2ccc3nc(N4CCN(C(=O)OC(C)(C)C)CC4)c(Cl)cc3c2)c1. The molecular weight excluding hydrogens is 448 g/mol. The Hall–Kier alpha value is -2.83. The van der Waals surface area contributed by atoms with Crippen LogP contribution in [0.4, 0.5) is 10.6 Å². The van der Waals surface area contributed by atoms with E-state index in [0.717, 1.165) is 28.8 Å². The summed E-state index contributed by atoms with van der Waals surface area (Å²) in [5.74, 6) is 0.763. The lowest BCUT2D eigenvalue weighted by molar-refractivity contribution is 0.0240. The molecule has 0 atom stereocenters. The van der Waals surface area contributed by atoms with Gasteiger partial charge in [-0.3, -0.25) is 0 Å². The van der Waals surface area contributed by atoms with Gasteiger partial charge in [0.2, 0.25) is 0 Å². The zero-order chi connectivity index (χ0) is 24.5. The van der Waals surface area contributed by atoms with Crippen LogP contribution in [0.2, 0.25) is 5.02 Å². The monoisotopic (exact) mass is 480 g/mol. The van der Waals surface area contributed by atoms with Gasteiger partial charge in [-0.15, -0.1) is 0 Å². The second-order valence-electron chi connectivity index (χ2n) is 10.1. The van der Waals surface area contributed by atoms with Crippen LogP contribution >= 0.6 is 11.6 Å². The molecule has 34 heavy (non-hydrogen) atoms. The van der Waals surface area contributed by atoms with Gasteiger partial charge in [-0.25, -0.2) is 9.78 Å². The Kier molecular flexibility index (Phi) is 7.01. The van der Waals surface area contributed by atoms with Crippen molar-refractivity contribution in [3.63, 3.8) is 0 Å². The number of nitrogens with zero attached hydrogens (tertiary/aromatic N) is 4. The molecule has 0 unspecified atom stereocenters. The van der Waals surface area contributed by atoms with Crippen LogP contribution in [0, 0.1) is 0 Å². The summed E-state index contributed by atoms with van der Waals surface area (Å²) in [5.41, 5.74) is 4.01. The molecule has 1 aliphatic heterocycles. The van der Waals surface area contributed by atoms with Crippen LogP contribution in [0.1, 0.15) is 26.3 Å². The number of halogens is 1. The number of rotatable bonds is 4. The molecule has 0 bridgehead atoms. The highest BCUT2D eigenvalue weighted by Crippen LogP contribution is 2.31. The van der Waals surface area contributed by atoms with Gasteiger partial charge in [0.1, 0.15) is 11.4 Å². The number of anilines is 1. The number of pyridine rings is 1. The van der Waals surface area contributed by atoms with Crippen molar-refractivity contribution in [1.29, 1.82) is 0 Å². The molecule has 180 valence electrons. The number of hydrogen-bond donors (Lipinski definition) is 0. The Labute approximate surface area is 207 Å². The lowest BCUT2D eigenvalue weighted by Crippen LogP contribution is -2.50. The number of carbonyl (C=O) groups excluding carboxylic acids is 1. The molecule has 4 rings (SSSR count). The molecule has 1 aromatic heterocycles. The van der Waals surface area contributed by atoms with E-state index in [0.29, 0.717) is 31.2 Å². The van der Waals surface area contributed by atoms with E-state index in [1.165, 1.54) is 11.1 Å². The number of fused-ring (bicyclic) bond motifs is 1. The van der Waals surface area contributed by atoms with E-state index >= 15 is 0 Å². The molecule has 1 fully saturated rings. The first kappa shape index (κ1) is 24.3. The van der Waals surface area contributed by atoms with Crippen LogP contribution in [0.15, 0.2) is 48.5 Å². The zero-order valence-corrected chi connectivity index (χ0v) is 21.4. The molecule has 0 radical (unpaired) electrons. The van der Waals surface area contributed by atoms with E-state index in [4.69, 9.17) is 21.3 Å². The highest BCUT2D eigenvalue weighted by molar-refractivity contribution is 6.33. The van der Waals surface area contributed by atoms with Crippen molar-refractivity contribution in [2.45, 2.75) is 32.9 Å². The summed E-state index contributed by atoms with van der Waals surface area (Å²) in [5, 5.41) is 1.63. The van der Waals surface area contributed by atoms with Crippen LogP contribution in [0.3, 0.4) is 0 Å². The molecular formula is C27H33ClN4O2. The Balaban J connectivity index is 1.51. The molecule has 2 heterocycles. The number of hydrogen-bond acceptors (Lipinski definition) is 5. The molecule has 0 spiro atoms. The Morgan fingerprint density at radius 3 is 2.41 bits per heavy atom. The average molecular weight is 481 g/mol. The molecule has 1 aliphatic rings. The minimum Gasteiger partial charge on any atom is -0.444 e. The molecule has 0 aliphatic carbocycles. The lowest BCUT2D eigenvalue weighted by Gasteiger charge is -2.36. The molecule has 1 amide bonds. The average Bonchev–Trinajstić information content (AvgIpc) is 2.77. The van der Waals surface area contributed by atoms with E-state index in [1.54, 1.807) is 4.90 Å². The van der Waals surface area contributed by atoms with Crippen LogP contribution in [0.25, 0.3) is 22.0 Å². The third-order valence-corrected chi connectivity index (χ3v) is 6.02. The Morgan fingerprint density at radius 1 is 1.03 bits per heavy atom. The molecule has 6 nitrogen and oxygen atoms in total. The van der Waals surface area contributed by atoms with Crippen LogP contribution in [-0.4, -0.2) is 66.8 Å². The third-order valence-electron chi connectivity index (χ3n) is 5.74. The number of aromatic nitrogens is 1. The minimum atomic E-state index is -0.496. The smallest absolute Gasteiger partial charge is 0.410 e. The van der Waals surface area contributed by atoms with Gasteiger partial charge in [0.25, 0.3) is 0 Å². The summed E-state index contributed by atoms with van der Waals surface area (Å²) in [6, 6.07) is 16.9. The highest BCUT2D eigenvalue weighted by Gasteiger charge is 2.27. The summed E-state index contributed by atoms with van der Waals surface area (Å²) in [6.45, 7) is 9.02. The van der Waals surface area contributed by atoms with Crippen LogP contribution in [0.5, 0.6) is 0 Å². The first-order valence-corrected chi connectivity index (χ1v) is 12.0. The van der Waals surface area contributed by atoms with Gasteiger partial charge in [-0.2, -0.15) is 0 Å². The number of benzene rings is 2. The maximum atomic E-state index is 12.4. The fourth-order valence-electron chi connectivity index (χ4n) is 4.18. The summed E-state index contributed by atoms with van der Waals surface area (Å²) >= 11 is 6.69. The summed E-state index contributed by atoms with van der Waals surface area (Å²) in [7, 11) is 4.15. The highest BCUT2D eigenvalue weighted by atomic mass is 35.5. The minimum absolute atomic E-state index is 0.271. The first-order chi connectivity index (χ1) is 16.1. The van der Waals surface area contributed by atoms with Crippen molar-refractivity contribution in [1.82, 2.24) is 14.8 Å². The number of ether oxygens (including phenoxy) is 1. The number of amides is 1. The van der Waals surface area contributed by atoms with Crippen molar-refractivity contribution in [2.75, 3.05) is 45.2 Å². The Morgan fingerprint density at radius 2 is 1.74 bits per heavy atom. The molecule has 7 heteroatoms. The van der Waals surface area contributed by atoms with E-state index in [2.05, 4.69) is 66.4 Å². The number of piperazine rings is 1. The summed E-state index contributed by atoms with van der Waals surface area (Å²) in [4.78, 5) is 23.3. The lowest BCUT2D eigenvalue weighted by atomic mass is 10.0. The van der Waals surface area contributed by atoms with E-state index in [-0.39, 0.29) is 6.09 Å². The summed E-state index contributed by atoms with van der Waals surface area (Å²) in [6.07, 6.45) is -0.271. The zero-order valence-electron chi connectivity index (χ0n) is 20.6. The first-order valence-electron chi connectivity index (χ1n) is 11.7. The van der Waals surface area contributed by atoms with Gasteiger partial charge in [-0.05, 0) is 75.8 Å². The van der Waals surface area contributed by atoms with E-state index in [1.807, 2.05) is 26.8 Å². The summed E-state index contributed by atoms with van der Waals surface area (Å²) < 4.78 is 5.50. The standard InChI is InChI=1S/C27H33ClN4O2/c1-27(2,3)34-26(33)32-13-11-31(12-14-32)25-23(28)17-22-16-21(9-10-24(22)29-25)20-8-6-7-19(15-20)18-30(4)5/h6-10,15-17H,11-14,18H2,1-5H3. The largest absolute Gasteiger partial charge is 0.444 e. The van der Waals surface area contributed by atoms with Gasteiger partial charge in [0, 0.05) is 38.1 Å². The van der Waals surface area contributed by atoms with Crippen molar-refractivity contribution >= 4 is 34.4 Å². The second kappa shape index (κ2) is 9.80. The molecule has 2 aromatic carbocycles. The van der Waals surface area contributed by atoms with Gasteiger partial charge >= 0.3 is 6.09 Å². The second-order valence-corrected chi connectivity index (χ2v) is 10.5.